The van der Waals surface area contributed by atoms with E-state index in [1.165, 1.54) is 18.2 Å². The zero-order chi connectivity index (χ0) is 13.6. The summed E-state index contributed by atoms with van der Waals surface area (Å²) in [5, 5.41) is 0.931. The average molecular weight is 334 g/mol. The highest BCUT2D eigenvalue weighted by molar-refractivity contribution is 7.58. The number of fused-ring (bicyclic) bond motifs is 1. The van der Waals surface area contributed by atoms with Crippen LogP contribution >= 0.6 is 34.8 Å². The van der Waals surface area contributed by atoms with Crippen molar-refractivity contribution in [3.05, 3.63) is 45.2 Å². The van der Waals surface area contributed by atoms with Gasteiger partial charge in [0.25, 0.3) is 0 Å². The van der Waals surface area contributed by atoms with Gasteiger partial charge in [0, 0.05) is 11.1 Å². The first kappa shape index (κ1) is 13.1. The molecular weight excluding hydrogens is 330 g/mol. The predicted octanol–water partition coefficient (Wildman–Crippen LogP) is 6.18. The molecule has 96 valence electrons. The molecule has 19 heavy (non-hydrogen) atoms. The van der Waals surface area contributed by atoms with Gasteiger partial charge in [-0.05, 0) is 18.2 Å². The van der Waals surface area contributed by atoms with Crippen molar-refractivity contribution in [2.75, 3.05) is 0 Å². The summed E-state index contributed by atoms with van der Waals surface area (Å²) in [7, 11) is 0. The molecule has 1 heterocycles. The predicted molar refractivity (Wildman–Crippen MR) is 78.4 cm³/mol. The minimum Gasteiger partial charge on any atom is -0.206 e. The molecule has 0 N–H and O–H groups in total. The van der Waals surface area contributed by atoms with Crippen molar-refractivity contribution in [1.82, 2.24) is 0 Å². The highest BCUT2D eigenvalue weighted by atomic mass is 35.5. The Morgan fingerprint density at radius 2 is 1.63 bits per heavy atom. The normalized spacial score (nSPS) is 12.4. The lowest BCUT2D eigenvalue weighted by Gasteiger charge is -2.11. The van der Waals surface area contributed by atoms with Gasteiger partial charge in [0.2, 0.25) is 0 Å². The highest BCUT2D eigenvalue weighted by Gasteiger charge is 2.23. The lowest BCUT2D eigenvalue weighted by molar-refractivity contribution is 0.631. The number of rotatable bonds is 1. The van der Waals surface area contributed by atoms with Crippen LogP contribution in [0, 0.1) is 5.82 Å². The van der Waals surface area contributed by atoms with Gasteiger partial charge in [-0.3, -0.25) is 0 Å². The molecular formula is C12H4Cl3FN2S. The highest BCUT2D eigenvalue weighted by Crippen LogP contribution is 2.50. The van der Waals surface area contributed by atoms with Crippen LogP contribution in [0.1, 0.15) is 0 Å². The molecule has 2 aromatic carbocycles. The summed E-state index contributed by atoms with van der Waals surface area (Å²) in [5.41, 5.74) is 1.57. The third-order valence-electron chi connectivity index (χ3n) is 2.66. The number of hydrogen-bond donors (Lipinski definition) is 0. The quantitative estimate of drug-likeness (QED) is 0.508. The fourth-order valence-corrected chi connectivity index (χ4v) is 3.31. The maximum Gasteiger partial charge on any atom is 0.132 e. The minimum atomic E-state index is -0.467. The third kappa shape index (κ3) is 2.09. The lowest BCUT2D eigenvalue weighted by atomic mass is 10.0. The second kappa shape index (κ2) is 4.87. The molecule has 0 spiro atoms. The van der Waals surface area contributed by atoms with Crippen LogP contribution in [0.15, 0.2) is 33.0 Å². The summed E-state index contributed by atoms with van der Waals surface area (Å²) < 4.78 is 22.2. The summed E-state index contributed by atoms with van der Waals surface area (Å²) in [5.74, 6) is -0.467. The van der Waals surface area contributed by atoms with Gasteiger partial charge < -0.3 is 0 Å². The van der Waals surface area contributed by atoms with Gasteiger partial charge in [-0.25, -0.2) is 4.39 Å². The van der Waals surface area contributed by atoms with Crippen LogP contribution in [0.4, 0.5) is 15.8 Å². The van der Waals surface area contributed by atoms with Gasteiger partial charge in [-0.2, -0.15) is 8.73 Å². The molecule has 0 unspecified atom stereocenters. The van der Waals surface area contributed by atoms with E-state index < -0.39 is 5.82 Å². The van der Waals surface area contributed by atoms with Gasteiger partial charge >= 0.3 is 0 Å². The zero-order valence-electron chi connectivity index (χ0n) is 9.12. The average Bonchev–Trinajstić information content (AvgIpc) is 2.82. The monoisotopic (exact) mass is 332 g/mol. The molecule has 3 rings (SSSR count). The second-order valence-electron chi connectivity index (χ2n) is 3.77. The van der Waals surface area contributed by atoms with Crippen molar-refractivity contribution in [3.63, 3.8) is 0 Å². The summed E-state index contributed by atoms with van der Waals surface area (Å²) in [6.07, 6.45) is 0. The van der Waals surface area contributed by atoms with E-state index in [1.54, 1.807) is 6.07 Å². The van der Waals surface area contributed by atoms with Crippen LogP contribution < -0.4 is 0 Å². The van der Waals surface area contributed by atoms with Crippen molar-refractivity contribution < 1.29 is 4.39 Å². The number of halogens is 4. The Morgan fingerprint density at radius 3 is 2.37 bits per heavy atom. The Morgan fingerprint density at radius 1 is 0.895 bits per heavy atom. The van der Waals surface area contributed by atoms with Crippen molar-refractivity contribution in [2.45, 2.75) is 0 Å². The van der Waals surface area contributed by atoms with Crippen molar-refractivity contribution in [2.24, 2.45) is 8.73 Å². The Kier molecular flexibility index (Phi) is 3.35. The van der Waals surface area contributed by atoms with Gasteiger partial charge in [0.1, 0.15) is 17.2 Å². The van der Waals surface area contributed by atoms with Crippen LogP contribution in [-0.4, -0.2) is 0 Å². The Balaban J connectivity index is 2.40. The van der Waals surface area contributed by atoms with E-state index in [2.05, 4.69) is 8.73 Å². The SMILES string of the molecule is Fc1cccc(Cl)c1-c1c(Cl)cc(Cl)c2c1N=S=N2. The Bertz CT molecular complexity index is 750. The van der Waals surface area contributed by atoms with E-state index in [0.717, 1.165) is 11.4 Å². The van der Waals surface area contributed by atoms with Crippen LogP contribution in [0.5, 0.6) is 0 Å². The van der Waals surface area contributed by atoms with Gasteiger partial charge in [0.15, 0.2) is 0 Å². The molecule has 0 aliphatic carbocycles. The molecule has 0 saturated heterocycles. The molecule has 0 aromatic heterocycles. The summed E-state index contributed by atoms with van der Waals surface area (Å²) in [6, 6.07) is 5.96. The fraction of sp³-hybridized carbons (Fsp3) is 0. The maximum atomic E-state index is 14.0. The van der Waals surface area contributed by atoms with E-state index in [-0.39, 0.29) is 15.6 Å². The number of benzene rings is 2. The van der Waals surface area contributed by atoms with E-state index in [0.29, 0.717) is 22.0 Å². The number of hydrogen-bond acceptors (Lipinski definition) is 2. The Hall–Kier alpha value is -0.940. The van der Waals surface area contributed by atoms with Crippen LogP contribution in [0.3, 0.4) is 0 Å². The van der Waals surface area contributed by atoms with Crippen LogP contribution in [0.2, 0.25) is 15.1 Å². The van der Waals surface area contributed by atoms with Crippen molar-refractivity contribution in [1.29, 1.82) is 0 Å². The molecule has 2 nitrogen and oxygen atoms in total. The van der Waals surface area contributed by atoms with Gasteiger partial charge in [0.05, 0.1) is 26.4 Å². The lowest BCUT2D eigenvalue weighted by Crippen LogP contribution is -1.88. The molecule has 0 atom stereocenters. The largest absolute Gasteiger partial charge is 0.206 e. The first-order valence-corrected chi connectivity index (χ1v) is 7.00. The number of nitrogens with zero attached hydrogens (tertiary/aromatic N) is 2. The molecule has 0 saturated carbocycles. The Labute approximate surface area is 127 Å². The van der Waals surface area contributed by atoms with E-state index in [1.807, 2.05) is 0 Å². The third-order valence-corrected chi connectivity index (χ3v) is 4.09. The van der Waals surface area contributed by atoms with Crippen molar-refractivity contribution >= 4 is 57.5 Å². The summed E-state index contributed by atoms with van der Waals surface area (Å²) in [4.78, 5) is 0. The standard InChI is InChI=1S/C12H4Cl3FN2S/c13-5-2-1-3-8(16)9(5)10-6(14)4-7(15)11-12(10)18-19-17-11/h1-4H. The molecule has 2 aromatic rings. The fourth-order valence-electron chi connectivity index (χ4n) is 1.85. The smallest absolute Gasteiger partial charge is 0.132 e. The van der Waals surface area contributed by atoms with E-state index >= 15 is 0 Å². The van der Waals surface area contributed by atoms with Crippen LogP contribution in [-0.2, 0) is 11.4 Å². The van der Waals surface area contributed by atoms with E-state index in [4.69, 9.17) is 34.8 Å². The van der Waals surface area contributed by atoms with E-state index in [9.17, 15) is 4.39 Å². The van der Waals surface area contributed by atoms with Gasteiger partial charge in [-0.15, -0.1) is 0 Å². The summed E-state index contributed by atoms with van der Waals surface area (Å²) in [6.45, 7) is 0. The van der Waals surface area contributed by atoms with Gasteiger partial charge in [-0.1, -0.05) is 40.9 Å². The topological polar surface area (TPSA) is 24.7 Å². The second-order valence-corrected chi connectivity index (χ2v) is 5.52. The molecule has 1 aliphatic rings. The van der Waals surface area contributed by atoms with Crippen molar-refractivity contribution in [3.8, 4) is 11.1 Å². The molecule has 1 aliphatic heterocycles. The first-order chi connectivity index (χ1) is 9.09. The minimum absolute atomic E-state index is 0.212. The zero-order valence-corrected chi connectivity index (χ0v) is 12.2. The molecule has 7 heteroatoms. The summed E-state index contributed by atoms with van der Waals surface area (Å²) >= 11 is 19.3. The molecule has 0 fully saturated rings. The molecule has 0 radical (unpaired) electrons. The molecule has 0 amide bonds. The first-order valence-electron chi connectivity index (χ1n) is 5.14. The van der Waals surface area contributed by atoms with Crippen LogP contribution in [0.25, 0.3) is 11.1 Å². The maximum absolute atomic E-state index is 14.0. The molecule has 0 bridgehead atoms.